The molecule has 1 aromatic carbocycles. The second-order valence-corrected chi connectivity index (χ2v) is 7.86. The van der Waals surface area contributed by atoms with Crippen LogP contribution in [0, 0.1) is 5.92 Å². The Labute approximate surface area is 141 Å². The van der Waals surface area contributed by atoms with E-state index in [4.69, 9.17) is 4.74 Å². The highest BCUT2D eigenvalue weighted by Gasteiger charge is 2.33. The van der Waals surface area contributed by atoms with Crippen molar-refractivity contribution in [2.24, 2.45) is 5.92 Å². The third kappa shape index (κ3) is 5.04. The number of anilines is 1. The molecule has 1 unspecified atom stereocenters. The van der Waals surface area contributed by atoms with Gasteiger partial charge in [-0.2, -0.15) is 0 Å². The molecule has 1 amide bonds. The van der Waals surface area contributed by atoms with Crippen molar-refractivity contribution in [3.63, 3.8) is 0 Å². The smallest absolute Gasteiger partial charge is 0.309 e. The number of carbonyl (C=O) groups is 2. The Morgan fingerprint density at radius 2 is 1.71 bits per heavy atom. The standard InChI is InChI=1S/C16H22N2O5S/c1-10(2)18-24(21,22)14-8-6-13(7-9-14)17-15(19)11(3)23-16(20)12-4-5-12/h6-12,18H,4-5H2,1-3H3,(H,17,19). The van der Waals surface area contributed by atoms with Crippen LogP contribution in [0.25, 0.3) is 0 Å². The molecule has 1 saturated carbocycles. The van der Waals surface area contributed by atoms with Gasteiger partial charge in [0.1, 0.15) is 0 Å². The zero-order valence-electron chi connectivity index (χ0n) is 13.9. The van der Waals surface area contributed by atoms with E-state index < -0.39 is 22.0 Å². The van der Waals surface area contributed by atoms with Gasteiger partial charge in [-0.25, -0.2) is 13.1 Å². The Morgan fingerprint density at radius 3 is 2.21 bits per heavy atom. The van der Waals surface area contributed by atoms with Crippen molar-refractivity contribution in [2.75, 3.05) is 5.32 Å². The number of sulfonamides is 1. The minimum Gasteiger partial charge on any atom is -0.452 e. The molecule has 1 aliphatic rings. The van der Waals surface area contributed by atoms with E-state index in [9.17, 15) is 18.0 Å². The van der Waals surface area contributed by atoms with E-state index in [1.54, 1.807) is 13.8 Å². The Kier molecular flexibility index (Phi) is 5.61. The van der Waals surface area contributed by atoms with Gasteiger partial charge in [0.05, 0.1) is 10.8 Å². The van der Waals surface area contributed by atoms with Crippen LogP contribution in [0.1, 0.15) is 33.6 Å². The maximum absolute atomic E-state index is 12.0. The zero-order valence-corrected chi connectivity index (χ0v) is 14.7. The molecule has 0 saturated heterocycles. The SMILES string of the molecule is CC(C)NS(=O)(=O)c1ccc(NC(=O)C(C)OC(=O)C2CC2)cc1. The lowest BCUT2D eigenvalue weighted by atomic mass is 10.3. The van der Waals surface area contributed by atoms with E-state index in [2.05, 4.69) is 10.0 Å². The van der Waals surface area contributed by atoms with Gasteiger partial charge in [-0.3, -0.25) is 9.59 Å². The normalized spacial score (nSPS) is 15.8. The fourth-order valence-electron chi connectivity index (χ4n) is 1.98. The Balaban J connectivity index is 1.95. The van der Waals surface area contributed by atoms with Crippen LogP contribution in [-0.2, 0) is 24.3 Å². The van der Waals surface area contributed by atoms with Crippen molar-refractivity contribution >= 4 is 27.6 Å². The molecule has 2 rings (SSSR count). The minimum atomic E-state index is -3.57. The maximum atomic E-state index is 12.0. The number of amides is 1. The number of hydrogen-bond acceptors (Lipinski definition) is 5. The van der Waals surface area contributed by atoms with E-state index in [1.807, 2.05) is 0 Å². The predicted octanol–water partition coefficient (Wildman–Crippen LogP) is 1.65. The number of rotatable bonds is 7. The lowest BCUT2D eigenvalue weighted by Crippen LogP contribution is -2.31. The van der Waals surface area contributed by atoms with E-state index in [1.165, 1.54) is 31.2 Å². The Morgan fingerprint density at radius 1 is 1.12 bits per heavy atom. The van der Waals surface area contributed by atoms with Gasteiger partial charge in [0.2, 0.25) is 10.0 Å². The largest absolute Gasteiger partial charge is 0.452 e. The van der Waals surface area contributed by atoms with Crippen LogP contribution in [0.2, 0.25) is 0 Å². The highest BCUT2D eigenvalue weighted by Crippen LogP contribution is 2.30. The van der Waals surface area contributed by atoms with Gasteiger partial charge in [0.15, 0.2) is 6.10 Å². The Bertz CT molecular complexity index is 708. The first-order valence-corrected chi connectivity index (χ1v) is 9.31. The second-order valence-electron chi connectivity index (χ2n) is 6.14. The molecule has 2 N–H and O–H groups in total. The van der Waals surface area contributed by atoms with Gasteiger partial charge in [-0.05, 0) is 57.9 Å². The molecule has 1 aliphatic carbocycles. The molecule has 7 nitrogen and oxygen atoms in total. The maximum Gasteiger partial charge on any atom is 0.309 e. The average Bonchev–Trinajstić information content (AvgIpc) is 3.31. The van der Waals surface area contributed by atoms with Crippen molar-refractivity contribution in [1.29, 1.82) is 0 Å². The van der Waals surface area contributed by atoms with E-state index in [0.29, 0.717) is 5.69 Å². The van der Waals surface area contributed by atoms with E-state index in [-0.39, 0.29) is 22.8 Å². The molecule has 0 spiro atoms. The van der Waals surface area contributed by atoms with Crippen molar-refractivity contribution in [3.05, 3.63) is 24.3 Å². The first-order chi connectivity index (χ1) is 11.2. The van der Waals surface area contributed by atoms with Gasteiger partial charge in [0.25, 0.3) is 5.91 Å². The molecule has 8 heteroatoms. The molecular formula is C16H22N2O5S. The number of esters is 1. The van der Waals surface area contributed by atoms with Crippen molar-refractivity contribution in [2.45, 2.75) is 50.7 Å². The first kappa shape index (κ1) is 18.4. The molecule has 24 heavy (non-hydrogen) atoms. The molecule has 1 atom stereocenters. The van der Waals surface area contributed by atoms with E-state index in [0.717, 1.165) is 12.8 Å². The fraction of sp³-hybridized carbons (Fsp3) is 0.500. The summed E-state index contributed by atoms with van der Waals surface area (Å²) >= 11 is 0. The van der Waals surface area contributed by atoms with Gasteiger partial charge in [0, 0.05) is 11.7 Å². The summed E-state index contributed by atoms with van der Waals surface area (Å²) in [5, 5.41) is 2.59. The molecule has 0 radical (unpaired) electrons. The Hall–Kier alpha value is -1.93. The number of benzene rings is 1. The molecule has 1 fully saturated rings. The van der Waals surface area contributed by atoms with Crippen LogP contribution >= 0.6 is 0 Å². The van der Waals surface area contributed by atoms with Crippen LogP contribution in [0.4, 0.5) is 5.69 Å². The third-order valence-corrected chi connectivity index (χ3v) is 5.07. The van der Waals surface area contributed by atoms with Crippen LogP contribution in [-0.4, -0.2) is 32.4 Å². The quantitative estimate of drug-likeness (QED) is 0.725. The molecule has 0 bridgehead atoms. The topological polar surface area (TPSA) is 102 Å². The van der Waals surface area contributed by atoms with E-state index >= 15 is 0 Å². The summed E-state index contributed by atoms with van der Waals surface area (Å²) in [6.45, 7) is 4.97. The summed E-state index contributed by atoms with van der Waals surface area (Å²) < 4.78 is 31.6. The summed E-state index contributed by atoms with van der Waals surface area (Å²) in [4.78, 5) is 23.7. The van der Waals surface area contributed by atoms with Gasteiger partial charge >= 0.3 is 5.97 Å². The van der Waals surface area contributed by atoms with Crippen LogP contribution < -0.4 is 10.0 Å². The second kappa shape index (κ2) is 7.31. The zero-order chi connectivity index (χ0) is 17.9. The summed E-state index contributed by atoms with van der Waals surface area (Å²) in [5.41, 5.74) is 0.429. The molecule has 0 aliphatic heterocycles. The van der Waals surface area contributed by atoms with Gasteiger partial charge in [-0.1, -0.05) is 0 Å². The molecule has 1 aromatic rings. The average molecular weight is 354 g/mol. The predicted molar refractivity (Wildman–Crippen MR) is 88.8 cm³/mol. The number of hydrogen-bond donors (Lipinski definition) is 2. The van der Waals surface area contributed by atoms with Crippen molar-refractivity contribution < 1.29 is 22.7 Å². The van der Waals surface area contributed by atoms with Crippen molar-refractivity contribution in [1.82, 2.24) is 4.72 Å². The van der Waals surface area contributed by atoms with Gasteiger partial charge in [-0.15, -0.1) is 0 Å². The number of carbonyl (C=O) groups excluding carboxylic acids is 2. The summed E-state index contributed by atoms with van der Waals surface area (Å²) in [6, 6.07) is 5.57. The fourth-order valence-corrected chi connectivity index (χ4v) is 3.23. The number of nitrogens with one attached hydrogen (secondary N) is 2. The third-order valence-electron chi connectivity index (χ3n) is 3.40. The van der Waals surface area contributed by atoms with Crippen LogP contribution in [0.3, 0.4) is 0 Å². The lowest BCUT2D eigenvalue weighted by molar-refractivity contribution is -0.154. The highest BCUT2D eigenvalue weighted by molar-refractivity contribution is 7.89. The lowest BCUT2D eigenvalue weighted by Gasteiger charge is -2.14. The molecule has 132 valence electrons. The monoisotopic (exact) mass is 354 g/mol. The van der Waals surface area contributed by atoms with Gasteiger partial charge < -0.3 is 10.1 Å². The minimum absolute atomic E-state index is 0.0711. The van der Waals surface area contributed by atoms with Crippen LogP contribution in [0.5, 0.6) is 0 Å². The summed E-state index contributed by atoms with van der Waals surface area (Å²) in [7, 11) is -3.57. The summed E-state index contributed by atoms with van der Waals surface area (Å²) in [6.07, 6.45) is 0.727. The van der Waals surface area contributed by atoms with Crippen molar-refractivity contribution in [3.8, 4) is 0 Å². The highest BCUT2D eigenvalue weighted by atomic mass is 32.2. The number of ether oxygens (including phenoxy) is 1. The van der Waals surface area contributed by atoms with Crippen LogP contribution in [0.15, 0.2) is 29.2 Å². The molecule has 0 aromatic heterocycles. The summed E-state index contributed by atoms with van der Waals surface area (Å²) in [5.74, 6) is -0.878. The molecular weight excluding hydrogens is 332 g/mol. The first-order valence-electron chi connectivity index (χ1n) is 7.83. The molecule has 0 heterocycles.